The number of nitrogens with one attached hydrogen (secondary N) is 1. The van der Waals surface area contributed by atoms with Crippen LogP contribution in [-0.2, 0) is 40.4 Å². The molecule has 0 aliphatic rings. The number of rotatable bonds is 10. The van der Waals surface area contributed by atoms with Crippen molar-refractivity contribution in [3.63, 3.8) is 0 Å². The van der Waals surface area contributed by atoms with E-state index in [1.54, 1.807) is 31.4 Å². The van der Waals surface area contributed by atoms with Crippen LogP contribution in [-0.4, -0.2) is 29.4 Å². The Morgan fingerprint density at radius 2 is 1.80 bits per heavy atom. The lowest BCUT2D eigenvalue weighted by Crippen LogP contribution is -2.32. The van der Waals surface area contributed by atoms with E-state index in [0.717, 1.165) is 33.2 Å². The summed E-state index contributed by atoms with van der Waals surface area (Å²) in [7, 11) is 0. The molecule has 210 valence electrons. The molecule has 3 aromatic carbocycles. The molecule has 0 aliphatic carbocycles. The predicted octanol–water partition coefficient (Wildman–Crippen LogP) is 6.30. The van der Waals surface area contributed by atoms with Crippen LogP contribution in [0.5, 0.6) is 5.75 Å². The smallest absolute Gasteiger partial charge is 0.407 e. The van der Waals surface area contributed by atoms with E-state index in [1.165, 1.54) is 0 Å². The number of alkyl carbamates (subject to hydrolysis) is 1. The maximum absolute atomic E-state index is 12.1. The van der Waals surface area contributed by atoms with Gasteiger partial charge in [0.15, 0.2) is 0 Å². The van der Waals surface area contributed by atoms with E-state index in [1.807, 2.05) is 63.2 Å². The van der Waals surface area contributed by atoms with Crippen molar-refractivity contribution >= 4 is 23.0 Å². The number of hydrogen-bond acceptors (Lipinski definition) is 7. The van der Waals surface area contributed by atoms with Gasteiger partial charge in [0, 0.05) is 23.1 Å². The first-order valence-electron chi connectivity index (χ1n) is 13.2. The molecule has 1 amide bonds. The van der Waals surface area contributed by atoms with E-state index in [-0.39, 0.29) is 25.6 Å². The number of fused-ring (bicyclic) bond motifs is 1. The molecule has 0 aliphatic heterocycles. The highest BCUT2D eigenvalue weighted by Gasteiger charge is 2.17. The molecule has 4 aromatic rings. The summed E-state index contributed by atoms with van der Waals surface area (Å²) in [5, 5.41) is 13.3. The molecule has 0 atom stereocenters. The summed E-state index contributed by atoms with van der Waals surface area (Å²) in [6.07, 6.45) is 1.25. The number of hydrogen-bond donors (Lipinski definition) is 2. The maximum atomic E-state index is 12.1. The van der Waals surface area contributed by atoms with Gasteiger partial charge >= 0.3 is 12.1 Å². The topological polar surface area (TPSA) is 107 Å². The monoisotopic (exact) mass is 545 g/mol. The number of ether oxygens (including phenoxy) is 3. The van der Waals surface area contributed by atoms with Crippen LogP contribution in [0.1, 0.15) is 49.9 Å². The quantitative estimate of drug-likeness (QED) is 0.225. The molecular formula is C32H35NO7. The first-order chi connectivity index (χ1) is 19.1. The van der Waals surface area contributed by atoms with Crippen LogP contribution in [0.4, 0.5) is 4.79 Å². The van der Waals surface area contributed by atoms with Gasteiger partial charge in [0.1, 0.15) is 23.5 Å². The molecule has 1 aromatic heterocycles. The zero-order valence-electron chi connectivity index (χ0n) is 23.3. The Balaban J connectivity index is 1.57. The summed E-state index contributed by atoms with van der Waals surface area (Å²) in [4.78, 5) is 24.2. The SMILES string of the molecule is CCOC(=O)Cc1ccc(CO)cc1OCc1cc(-c2cccc(CNC(=O)OC(C)(C)C)c2)c2occc2c1. The van der Waals surface area contributed by atoms with E-state index in [2.05, 4.69) is 5.32 Å². The average Bonchev–Trinajstić information content (AvgIpc) is 3.39. The summed E-state index contributed by atoms with van der Waals surface area (Å²) >= 11 is 0. The molecule has 4 rings (SSSR count). The van der Waals surface area contributed by atoms with Crippen molar-refractivity contribution in [1.29, 1.82) is 0 Å². The van der Waals surface area contributed by atoms with Crippen LogP contribution in [0.15, 0.2) is 71.3 Å². The Labute approximate surface area is 233 Å². The number of furan rings is 1. The molecule has 0 radical (unpaired) electrons. The van der Waals surface area contributed by atoms with E-state index in [9.17, 15) is 14.7 Å². The van der Waals surface area contributed by atoms with Crippen molar-refractivity contribution in [1.82, 2.24) is 5.32 Å². The molecule has 8 nitrogen and oxygen atoms in total. The number of aliphatic hydroxyl groups is 1. The minimum absolute atomic E-state index is 0.0744. The van der Waals surface area contributed by atoms with Gasteiger partial charge in [-0.3, -0.25) is 4.79 Å². The number of esters is 1. The Morgan fingerprint density at radius 1 is 0.975 bits per heavy atom. The fraction of sp³-hybridized carbons (Fsp3) is 0.312. The molecule has 1 heterocycles. The normalized spacial score (nSPS) is 11.3. The molecule has 8 heteroatoms. The average molecular weight is 546 g/mol. The van der Waals surface area contributed by atoms with Crippen LogP contribution in [0.3, 0.4) is 0 Å². The Kier molecular flexibility index (Phi) is 9.11. The first-order valence-corrected chi connectivity index (χ1v) is 13.2. The molecule has 0 unspecified atom stereocenters. The Hall–Kier alpha value is -4.30. The second kappa shape index (κ2) is 12.7. The van der Waals surface area contributed by atoms with Crippen molar-refractivity contribution in [2.45, 2.75) is 59.5 Å². The first kappa shape index (κ1) is 28.7. The molecule has 2 N–H and O–H groups in total. The van der Waals surface area contributed by atoms with E-state index >= 15 is 0 Å². The highest BCUT2D eigenvalue weighted by Crippen LogP contribution is 2.32. The van der Waals surface area contributed by atoms with Crippen LogP contribution in [0.25, 0.3) is 22.1 Å². The summed E-state index contributed by atoms with van der Waals surface area (Å²) in [6.45, 7) is 7.95. The fourth-order valence-corrected chi connectivity index (χ4v) is 4.29. The van der Waals surface area contributed by atoms with Crippen LogP contribution in [0.2, 0.25) is 0 Å². The highest BCUT2D eigenvalue weighted by atomic mass is 16.6. The number of amides is 1. The standard InChI is InChI=1S/C32H35NO7/c1-5-37-29(35)17-25-10-9-22(19-34)16-28(25)39-20-23-14-26-11-12-38-30(26)27(15-23)24-8-6-7-21(13-24)18-33-31(36)40-32(2,3)4/h6-16,34H,5,17-20H2,1-4H3,(H,33,36). The zero-order valence-corrected chi connectivity index (χ0v) is 23.3. The maximum Gasteiger partial charge on any atom is 0.407 e. The number of carbonyl (C=O) groups excluding carboxylic acids is 2. The minimum Gasteiger partial charge on any atom is -0.489 e. The Morgan fingerprint density at radius 3 is 2.55 bits per heavy atom. The van der Waals surface area contributed by atoms with Gasteiger partial charge in [-0.25, -0.2) is 4.79 Å². The van der Waals surface area contributed by atoms with Gasteiger partial charge in [-0.1, -0.05) is 30.3 Å². The number of carbonyl (C=O) groups is 2. The largest absolute Gasteiger partial charge is 0.489 e. The lowest BCUT2D eigenvalue weighted by molar-refractivity contribution is -0.142. The van der Waals surface area contributed by atoms with Gasteiger partial charge in [-0.15, -0.1) is 0 Å². The molecule has 0 spiro atoms. The lowest BCUT2D eigenvalue weighted by atomic mass is 9.99. The van der Waals surface area contributed by atoms with Crippen molar-refractivity contribution in [2.24, 2.45) is 0 Å². The van der Waals surface area contributed by atoms with Gasteiger partial charge in [-0.05, 0) is 80.3 Å². The van der Waals surface area contributed by atoms with Crippen molar-refractivity contribution in [3.8, 4) is 16.9 Å². The third kappa shape index (κ3) is 7.64. The third-order valence-electron chi connectivity index (χ3n) is 6.03. The van der Waals surface area contributed by atoms with Crippen molar-refractivity contribution < 1.29 is 33.3 Å². The zero-order chi connectivity index (χ0) is 28.7. The summed E-state index contributed by atoms with van der Waals surface area (Å²) < 4.78 is 22.4. The second-order valence-electron chi connectivity index (χ2n) is 10.4. The van der Waals surface area contributed by atoms with Crippen molar-refractivity contribution in [3.05, 3.63) is 89.2 Å². The second-order valence-corrected chi connectivity index (χ2v) is 10.4. The van der Waals surface area contributed by atoms with Gasteiger partial charge in [-0.2, -0.15) is 0 Å². The molecule has 40 heavy (non-hydrogen) atoms. The van der Waals surface area contributed by atoms with Crippen LogP contribution in [0, 0.1) is 0 Å². The van der Waals surface area contributed by atoms with E-state index in [4.69, 9.17) is 18.6 Å². The van der Waals surface area contributed by atoms with Gasteiger partial charge in [0.25, 0.3) is 0 Å². The molecule has 0 saturated carbocycles. The minimum atomic E-state index is -0.571. The highest BCUT2D eigenvalue weighted by molar-refractivity contribution is 5.93. The van der Waals surface area contributed by atoms with Gasteiger partial charge in [0.05, 0.1) is 25.9 Å². The van der Waals surface area contributed by atoms with Gasteiger partial charge in [0.2, 0.25) is 0 Å². The summed E-state index contributed by atoms with van der Waals surface area (Å²) in [6, 6.07) is 19.0. The van der Waals surface area contributed by atoms with Crippen LogP contribution >= 0.6 is 0 Å². The molecule has 0 bridgehead atoms. The predicted molar refractivity (Wildman–Crippen MR) is 152 cm³/mol. The van der Waals surface area contributed by atoms with E-state index < -0.39 is 11.7 Å². The third-order valence-corrected chi connectivity index (χ3v) is 6.03. The lowest BCUT2D eigenvalue weighted by Gasteiger charge is -2.19. The fourth-order valence-electron chi connectivity index (χ4n) is 4.29. The number of benzene rings is 3. The molecular weight excluding hydrogens is 510 g/mol. The molecule has 0 fully saturated rings. The van der Waals surface area contributed by atoms with Gasteiger partial charge < -0.3 is 29.1 Å². The summed E-state index contributed by atoms with van der Waals surface area (Å²) in [5.41, 5.74) is 5.17. The van der Waals surface area contributed by atoms with Crippen molar-refractivity contribution in [2.75, 3.05) is 6.61 Å². The molecule has 0 saturated heterocycles. The van der Waals surface area contributed by atoms with Crippen LogP contribution < -0.4 is 10.1 Å². The number of aliphatic hydroxyl groups excluding tert-OH is 1. The Bertz CT molecular complexity index is 1480. The summed E-state index contributed by atoms with van der Waals surface area (Å²) in [5.74, 6) is 0.177. The van der Waals surface area contributed by atoms with E-state index in [0.29, 0.717) is 30.0 Å².